The molecule has 0 aliphatic heterocycles. The van der Waals surface area contributed by atoms with Crippen LogP contribution in [0, 0.1) is 23.1 Å². The summed E-state index contributed by atoms with van der Waals surface area (Å²) in [5, 5.41) is 13.7. The lowest BCUT2D eigenvalue weighted by Gasteiger charge is -2.16. The van der Waals surface area contributed by atoms with Gasteiger partial charge in [0.05, 0.1) is 28.3 Å². The summed E-state index contributed by atoms with van der Waals surface area (Å²) in [6, 6.07) is 4.56. The molecule has 9 heteroatoms. The van der Waals surface area contributed by atoms with Crippen molar-refractivity contribution in [2.75, 3.05) is 11.1 Å². The second kappa shape index (κ2) is 7.61. The van der Waals surface area contributed by atoms with Crippen LogP contribution in [0.1, 0.15) is 26.2 Å². The molecule has 2 unspecified atom stereocenters. The number of carbonyl (C=O) groups is 2. The number of carbonyl (C=O) groups excluding carboxylic acids is 2. The molecule has 7 nitrogen and oxygen atoms in total. The molecule has 0 heterocycles. The molecule has 0 bridgehead atoms. The number of halogens is 1. The monoisotopic (exact) mass is 367 g/mol. The Kier molecular flexibility index (Phi) is 5.74. The van der Waals surface area contributed by atoms with Crippen LogP contribution in [0.2, 0.25) is 0 Å². The molecule has 1 aliphatic carbocycles. The second-order valence-electron chi connectivity index (χ2n) is 5.74. The number of amides is 2. The van der Waals surface area contributed by atoms with Crippen LogP contribution in [-0.4, -0.2) is 32.0 Å². The first-order valence-electron chi connectivity index (χ1n) is 7.82. The number of hydrogen-bond donors (Lipinski definition) is 2. The summed E-state index contributed by atoms with van der Waals surface area (Å²) in [4.78, 5) is 23.7. The van der Waals surface area contributed by atoms with Crippen molar-refractivity contribution in [1.82, 2.24) is 5.32 Å². The lowest BCUT2D eigenvalue weighted by atomic mass is 10.1. The SMILES string of the molecule is CCS(=O)(=O)c1cc(F)ccc1NC(=O)C(=O)NC1CCCC1C#N. The number of nitriles is 1. The summed E-state index contributed by atoms with van der Waals surface area (Å²) >= 11 is 0. The highest BCUT2D eigenvalue weighted by molar-refractivity contribution is 7.91. The maximum atomic E-state index is 13.4. The zero-order chi connectivity index (χ0) is 18.6. The summed E-state index contributed by atoms with van der Waals surface area (Å²) in [5.74, 6) is -3.42. The van der Waals surface area contributed by atoms with E-state index in [9.17, 15) is 22.4 Å². The number of anilines is 1. The van der Waals surface area contributed by atoms with Crippen LogP contribution in [-0.2, 0) is 19.4 Å². The minimum absolute atomic E-state index is 0.161. The molecule has 25 heavy (non-hydrogen) atoms. The molecule has 0 saturated heterocycles. The predicted molar refractivity (Wildman–Crippen MR) is 87.6 cm³/mol. The average Bonchev–Trinajstić information content (AvgIpc) is 3.03. The van der Waals surface area contributed by atoms with Crippen LogP contribution < -0.4 is 10.6 Å². The summed E-state index contributed by atoms with van der Waals surface area (Å²) in [7, 11) is -3.79. The van der Waals surface area contributed by atoms with E-state index >= 15 is 0 Å². The first-order valence-corrected chi connectivity index (χ1v) is 9.47. The minimum Gasteiger partial charge on any atom is -0.344 e. The van der Waals surface area contributed by atoms with E-state index in [1.165, 1.54) is 6.92 Å². The van der Waals surface area contributed by atoms with Crippen molar-refractivity contribution < 1.29 is 22.4 Å². The maximum Gasteiger partial charge on any atom is 0.313 e. The summed E-state index contributed by atoms with van der Waals surface area (Å²) < 4.78 is 37.4. The lowest BCUT2D eigenvalue weighted by Crippen LogP contribution is -2.43. The van der Waals surface area contributed by atoms with Crippen molar-refractivity contribution in [1.29, 1.82) is 5.26 Å². The van der Waals surface area contributed by atoms with Gasteiger partial charge in [-0.2, -0.15) is 5.26 Å². The van der Waals surface area contributed by atoms with E-state index in [4.69, 9.17) is 5.26 Å². The number of rotatable bonds is 4. The lowest BCUT2D eigenvalue weighted by molar-refractivity contribution is -0.136. The van der Waals surface area contributed by atoms with E-state index in [1.54, 1.807) is 0 Å². The molecule has 134 valence electrons. The van der Waals surface area contributed by atoms with Gasteiger partial charge in [-0.1, -0.05) is 6.92 Å². The smallest absolute Gasteiger partial charge is 0.313 e. The summed E-state index contributed by atoms with van der Waals surface area (Å²) in [6.45, 7) is 1.39. The normalized spacial score (nSPS) is 19.9. The van der Waals surface area contributed by atoms with Crippen molar-refractivity contribution in [2.24, 2.45) is 5.92 Å². The van der Waals surface area contributed by atoms with Crippen LogP contribution in [0.15, 0.2) is 23.1 Å². The molecule has 1 aromatic rings. The fourth-order valence-electron chi connectivity index (χ4n) is 2.71. The van der Waals surface area contributed by atoms with Crippen molar-refractivity contribution in [2.45, 2.75) is 37.1 Å². The molecule has 0 radical (unpaired) electrons. The van der Waals surface area contributed by atoms with Gasteiger partial charge >= 0.3 is 11.8 Å². The number of sulfone groups is 1. The first-order chi connectivity index (χ1) is 11.8. The molecule has 0 spiro atoms. The largest absolute Gasteiger partial charge is 0.344 e. The van der Waals surface area contributed by atoms with Gasteiger partial charge in [0.15, 0.2) is 9.84 Å². The van der Waals surface area contributed by atoms with Crippen LogP contribution in [0.5, 0.6) is 0 Å². The molecule has 1 aromatic carbocycles. The van der Waals surface area contributed by atoms with Crippen LogP contribution in [0.3, 0.4) is 0 Å². The van der Waals surface area contributed by atoms with Gasteiger partial charge in [-0.25, -0.2) is 12.8 Å². The quantitative estimate of drug-likeness (QED) is 0.780. The van der Waals surface area contributed by atoms with Gasteiger partial charge in [0.1, 0.15) is 5.82 Å². The summed E-state index contributed by atoms with van der Waals surface area (Å²) in [5.41, 5.74) is -0.161. The number of benzene rings is 1. The van der Waals surface area contributed by atoms with Crippen LogP contribution >= 0.6 is 0 Å². The molecule has 2 N–H and O–H groups in total. The Labute approximate surface area is 145 Å². The van der Waals surface area contributed by atoms with Crippen molar-refractivity contribution in [3.05, 3.63) is 24.0 Å². The van der Waals surface area contributed by atoms with Crippen molar-refractivity contribution >= 4 is 27.3 Å². The molecular weight excluding hydrogens is 349 g/mol. The van der Waals surface area contributed by atoms with E-state index in [0.29, 0.717) is 12.8 Å². The molecule has 1 aliphatic rings. The van der Waals surface area contributed by atoms with Gasteiger partial charge in [-0.3, -0.25) is 9.59 Å². The predicted octanol–water partition coefficient (Wildman–Crippen LogP) is 1.37. The highest BCUT2D eigenvalue weighted by atomic mass is 32.2. The third-order valence-corrected chi connectivity index (χ3v) is 5.88. The van der Waals surface area contributed by atoms with Gasteiger partial charge in [0.2, 0.25) is 0 Å². The Hall–Kier alpha value is -2.47. The topological polar surface area (TPSA) is 116 Å². The first kappa shape index (κ1) is 18.9. The molecule has 2 amide bonds. The van der Waals surface area contributed by atoms with Crippen molar-refractivity contribution in [3.8, 4) is 6.07 Å². The molecule has 1 saturated carbocycles. The third kappa shape index (κ3) is 4.33. The molecule has 2 atom stereocenters. The fourth-order valence-corrected chi connectivity index (χ4v) is 3.77. The average molecular weight is 367 g/mol. The van der Waals surface area contributed by atoms with Crippen LogP contribution in [0.25, 0.3) is 0 Å². The van der Waals surface area contributed by atoms with E-state index in [1.807, 2.05) is 0 Å². The maximum absolute atomic E-state index is 13.4. The standard InChI is InChI=1S/C16H18FN3O4S/c1-2-25(23,24)14-8-11(17)6-7-13(14)20-16(22)15(21)19-12-5-3-4-10(12)9-18/h6-8,10,12H,2-5H2,1H3,(H,19,21)(H,20,22). The fraction of sp³-hybridized carbons (Fsp3) is 0.438. The van der Waals surface area contributed by atoms with E-state index in [-0.39, 0.29) is 22.3 Å². The Morgan fingerprint density at radius 2 is 2.04 bits per heavy atom. The Morgan fingerprint density at radius 1 is 1.32 bits per heavy atom. The van der Waals surface area contributed by atoms with Gasteiger partial charge in [-0.15, -0.1) is 0 Å². The highest BCUT2D eigenvalue weighted by Gasteiger charge is 2.30. The molecular formula is C16H18FN3O4S. The Bertz CT molecular complexity index is 832. The van der Waals surface area contributed by atoms with Gasteiger partial charge in [0.25, 0.3) is 0 Å². The van der Waals surface area contributed by atoms with Crippen molar-refractivity contribution in [3.63, 3.8) is 0 Å². The second-order valence-corrected chi connectivity index (χ2v) is 7.99. The Morgan fingerprint density at radius 3 is 2.68 bits per heavy atom. The van der Waals surface area contributed by atoms with Crippen LogP contribution in [0.4, 0.5) is 10.1 Å². The number of nitrogens with zero attached hydrogens (tertiary/aromatic N) is 1. The zero-order valence-electron chi connectivity index (χ0n) is 13.6. The minimum atomic E-state index is -3.79. The third-order valence-electron chi connectivity index (χ3n) is 4.11. The highest BCUT2D eigenvalue weighted by Crippen LogP contribution is 2.25. The van der Waals surface area contributed by atoms with Gasteiger partial charge in [0, 0.05) is 6.04 Å². The van der Waals surface area contributed by atoms with E-state index in [0.717, 1.165) is 24.6 Å². The summed E-state index contributed by atoms with van der Waals surface area (Å²) in [6.07, 6.45) is 2.03. The Balaban J connectivity index is 2.15. The molecule has 0 aromatic heterocycles. The number of nitrogens with one attached hydrogen (secondary N) is 2. The van der Waals surface area contributed by atoms with Gasteiger partial charge in [-0.05, 0) is 37.5 Å². The van der Waals surface area contributed by atoms with E-state index < -0.39 is 33.5 Å². The van der Waals surface area contributed by atoms with E-state index in [2.05, 4.69) is 16.7 Å². The zero-order valence-corrected chi connectivity index (χ0v) is 14.4. The van der Waals surface area contributed by atoms with Gasteiger partial charge < -0.3 is 10.6 Å². The molecule has 2 rings (SSSR count). The molecule has 1 fully saturated rings. The number of hydrogen-bond acceptors (Lipinski definition) is 5.